The Morgan fingerprint density at radius 2 is 0.800 bits per heavy atom. The average Bonchev–Trinajstić information content (AvgIpc) is 1.00. The summed E-state index contributed by atoms with van der Waals surface area (Å²) in [6, 6.07) is 0. The molecule has 0 amide bonds. The maximum atomic E-state index is 3.00. The fourth-order valence-corrected chi connectivity index (χ4v) is 0. The van der Waals surface area contributed by atoms with E-state index in [0.29, 0.717) is 0 Å². The second kappa shape index (κ2) is 87.4. The summed E-state index contributed by atoms with van der Waals surface area (Å²) in [4.78, 5) is 0. The van der Waals surface area contributed by atoms with Gasteiger partial charge in [-0.3, -0.25) is 0 Å². The van der Waals surface area contributed by atoms with E-state index in [2.05, 4.69) is 13.2 Å². The van der Waals surface area contributed by atoms with Gasteiger partial charge >= 0.3 is 37.7 Å². The van der Waals surface area contributed by atoms with Crippen LogP contribution in [-0.4, -0.2) is 37.7 Å². The monoisotopic (exact) mass is 59.1 g/mol. The zero-order valence-electron chi connectivity index (χ0n) is 2.41. The van der Waals surface area contributed by atoms with Crippen molar-refractivity contribution in [1.82, 2.24) is 0 Å². The number of hydrogen-bond acceptors (Lipinski definition) is 0. The Bertz CT molecular complexity index is 4.85. The third kappa shape index (κ3) is 48.6. The molecule has 2 heteroatoms. The molecule has 0 saturated carbocycles. The van der Waals surface area contributed by atoms with Gasteiger partial charge in [0.05, 0.1) is 0 Å². The molecular weight excluding hydrogens is 49.9 g/mol. The minimum atomic E-state index is 0. The van der Waals surface area contributed by atoms with Crippen LogP contribution in [0, 0.1) is 7.43 Å². The molecule has 1 radical (unpaired) electrons. The van der Waals surface area contributed by atoms with Gasteiger partial charge in [-0.2, -0.15) is 0 Å². The van der Waals surface area contributed by atoms with Crippen molar-refractivity contribution in [2.24, 2.45) is 0 Å². The van der Waals surface area contributed by atoms with Crippen molar-refractivity contribution in [3.8, 4) is 0 Å². The van der Waals surface area contributed by atoms with Gasteiger partial charge < -0.3 is 0 Å². The van der Waals surface area contributed by atoms with Crippen molar-refractivity contribution in [3.05, 3.63) is 20.6 Å². The molecule has 0 heterocycles. The van der Waals surface area contributed by atoms with Crippen LogP contribution in [0.3, 0.4) is 0 Å². The molecule has 0 fully saturated rings. The van der Waals surface area contributed by atoms with Crippen molar-refractivity contribution in [2.75, 3.05) is 0 Å². The Morgan fingerprint density at radius 1 is 0.800 bits per heavy atom. The van der Waals surface area contributed by atoms with Crippen LogP contribution >= 0.6 is 0 Å². The Hall–Kier alpha value is 0.935. The van der Waals surface area contributed by atoms with Crippen LogP contribution in [0.2, 0.25) is 0 Å². The van der Waals surface area contributed by atoms with E-state index in [1.807, 2.05) is 0 Å². The molecule has 0 spiro atoms. The van der Waals surface area contributed by atoms with Crippen LogP contribution in [0.1, 0.15) is 0 Å². The molecule has 0 aromatic heterocycles. The van der Waals surface area contributed by atoms with E-state index in [9.17, 15) is 0 Å². The van der Waals surface area contributed by atoms with Crippen LogP contribution in [0.4, 0.5) is 0 Å². The van der Waals surface area contributed by atoms with Crippen LogP contribution < -0.4 is 0 Å². The van der Waals surface area contributed by atoms with Gasteiger partial charge in [-0.25, -0.2) is 0 Å². The summed E-state index contributed by atoms with van der Waals surface area (Å²) in [5.74, 6) is 0. The van der Waals surface area contributed by atoms with Gasteiger partial charge in [-0.1, -0.05) is 7.43 Å². The molecule has 23 valence electrons. The fourth-order valence-electron chi connectivity index (χ4n) is 0. The normalized spacial score (nSPS) is 0.800. The molecule has 5 heavy (non-hydrogen) atoms. The Labute approximate surface area is 58.4 Å². The molecule has 0 unspecified atom stereocenters. The molecular formula is C3H9Li2. The molecule has 0 aromatic rings. The summed E-state index contributed by atoms with van der Waals surface area (Å²) < 4.78 is 0. The van der Waals surface area contributed by atoms with Gasteiger partial charge in [0, 0.05) is 0 Å². The summed E-state index contributed by atoms with van der Waals surface area (Å²) in [5.41, 5.74) is 0. The van der Waals surface area contributed by atoms with E-state index in [-0.39, 0.29) is 45.1 Å². The van der Waals surface area contributed by atoms with Crippen molar-refractivity contribution < 1.29 is 0 Å². The van der Waals surface area contributed by atoms with Crippen molar-refractivity contribution >= 4 is 37.7 Å². The first-order valence-corrected chi connectivity index (χ1v) is 0.500. The standard InChI is InChI=1S/C2H4.CH3.2Li.2H/c1-2;;;;;/h1-2H2;1H3;;;;. The topological polar surface area (TPSA) is 0 Å². The van der Waals surface area contributed by atoms with E-state index in [1.54, 1.807) is 0 Å². The zero-order chi connectivity index (χ0) is 2.00. The molecule has 0 N–H and O–H groups in total. The summed E-state index contributed by atoms with van der Waals surface area (Å²) >= 11 is 0. The van der Waals surface area contributed by atoms with Crippen LogP contribution in [0.25, 0.3) is 0 Å². The minimum absolute atomic E-state index is 0. The summed E-state index contributed by atoms with van der Waals surface area (Å²) in [6.07, 6.45) is 0. The molecule has 0 aliphatic heterocycles. The van der Waals surface area contributed by atoms with E-state index in [0.717, 1.165) is 0 Å². The third-order valence-corrected chi connectivity index (χ3v) is 0. The first kappa shape index (κ1) is 38.6. The van der Waals surface area contributed by atoms with Gasteiger partial charge in [0.2, 0.25) is 0 Å². The fraction of sp³-hybridized carbons (Fsp3) is 0. The summed E-state index contributed by atoms with van der Waals surface area (Å²) in [6.45, 7) is 6.00. The van der Waals surface area contributed by atoms with Crippen LogP contribution in [0.15, 0.2) is 13.2 Å². The third-order valence-electron chi connectivity index (χ3n) is 0. The molecule has 0 bridgehead atoms. The van der Waals surface area contributed by atoms with Crippen LogP contribution in [0.5, 0.6) is 0 Å². The second-order valence-electron chi connectivity index (χ2n) is 0. The molecule has 0 aliphatic rings. The quantitative estimate of drug-likeness (QED) is 0.271. The molecule has 0 saturated heterocycles. The maximum absolute atomic E-state index is 3.00. The summed E-state index contributed by atoms with van der Waals surface area (Å²) in [5, 5.41) is 0. The molecule has 0 aromatic carbocycles. The molecule has 0 atom stereocenters. The summed E-state index contributed by atoms with van der Waals surface area (Å²) in [7, 11) is 0. The zero-order valence-corrected chi connectivity index (χ0v) is 2.41. The van der Waals surface area contributed by atoms with Gasteiger partial charge in [0.1, 0.15) is 0 Å². The second-order valence-corrected chi connectivity index (χ2v) is 0. The molecule has 0 rings (SSSR count). The van der Waals surface area contributed by atoms with Gasteiger partial charge in [-0.15, -0.1) is 13.2 Å². The van der Waals surface area contributed by atoms with Crippen molar-refractivity contribution in [3.63, 3.8) is 0 Å². The predicted octanol–water partition coefficient (Wildman–Crippen LogP) is -0.0445. The Kier molecular flexibility index (Phi) is 675. The Balaban J connectivity index is -0.00000000167. The Morgan fingerprint density at radius 3 is 0.800 bits per heavy atom. The number of hydrogen-bond donors (Lipinski definition) is 0. The first-order valence-electron chi connectivity index (χ1n) is 0.500. The van der Waals surface area contributed by atoms with Gasteiger partial charge in [-0.05, 0) is 0 Å². The van der Waals surface area contributed by atoms with Gasteiger partial charge in [0.25, 0.3) is 0 Å². The van der Waals surface area contributed by atoms with Crippen molar-refractivity contribution in [2.45, 2.75) is 0 Å². The van der Waals surface area contributed by atoms with Crippen LogP contribution in [-0.2, 0) is 0 Å². The van der Waals surface area contributed by atoms with Crippen molar-refractivity contribution in [1.29, 1.82) is 0 Å². The first-order chi connectivity index (χ1) is 1.00. The van der Waals surface area contributed by atoms with E-state index in [4.69, 9.17) is 0 Å². The number of rotatable bonds is 0. The SMILES string of the molecule is C=C.[CH3].[LiH].[LiH]. The van der Waals surface area contributed by atoms with E-state index >= 15 is 0 Å². The van der Waals surface area contributed by atoms with E-state index in [1.165, 1.54) is 0 Å². The van der Waals surface area contributed by atoms with E-state index < -0.39 is 0 Å². The molecule has 0 aliphatic carbocycles. The average molecular weight is 59.0 g/mol. The predicted molar refractivity (Wildman–Crippen MR) is 32.0 cm³/mol. The van der Waals surface area contributed by atoms with Gasteiger partial charge in [0.15, 0.2) is 0 Å². The molecule has 0 nitrogen and oxygen atoms in total.